The minimum absolute atomic E-state index is 0.0469. The first-order valence-electron chi connectivity index (χ1n) is 15.2. The molecule has 0 bridgehead atoms. The molecule has 0 aliphatic carbocycles. The lowest BCUT2D eigenvalue weighted by Crippen LogP contribution is -2.39. The van der Waals surface area contributed by atoms with Crippen molar-refractivity contribution in [1.29, 1.82) is 0 Å². The summed E-state index contributed by atoms with van der Waals surface area (Å²) in [7, 11) is 0. The summed E-state index contributed by atoms with van der Waals surface area (Å²) in [4.78, 5) is 45.0. The van der Waals surface area contributed by atoms with Gasteiger partial charge in [-0.15, -0.1) is 0 Å². The minimum Gasteiger partial charge on any atom is -0.489 e. The summed E-state index contributed by atoms with van der Waals surface area (Å²) < 4.78 is 11.5. The molecule has 3 aromatic carbocycles. The summed E-state index contributed by atoms with van der Waals surface area (Å²) >= 11 is 0. The Morgan fingerprint density at radius 3 is 2.28 bits per heavy atom. The second-order valence-electron chi connectivity index (χ2n) is 12.6. The molecule has 3 aromatic rings. The van der Waals surface area contributed by atoms with Gasteiger partial charge in [0.25, 0.3) is 5.91 Å². The normalized spacial score (nSPS) is 19.6. The Kier molecular flexibility index (Phi) is 9.43. The van der Waals surface area contributed by atoms with Crippen LogP contribution in [0.25, 0.3) is 0 Å². The van der Waals surface area contributed by atoms with Crippen molar-refractivity contribution in [3.8, 4) is 5.75 Å². The number of hydrogen-bond donors (Lipinski definition) is 0. The first-order chi connectivity index (χ1) is 20.6. The maximum absolute atomic E-state index is 14.1. The molecule has 226 valence electrons. The minimum atomic E-state index is -1.10. The second kappa shape index (κ2) is 13.2. The summed E-state index contributed by atoms with van der Waals surface area (Å²) in [6.07, 6.45) is 0.711. The van der Waals surface area contributed by atoms with Crippen molar-refractivity contribution in [2.75, 3.05) is 39.4 Å². The van der Waals surface area contributed by atoms with Crippen molar-refractivity contribution in [3.05, 3.63) is 101 Å². The third-order valence-electron chi connectivity index (χ3n) is 8.48. The third kappa shape index (κ3) is 7.06. The number of morpholine rings is 1. The van der Waals surface area contributed by atoms with Gasteiger partial charge >= 0.3 is 0 Å². The molecule has 1 amide bonds. The molecule has 0 spiro atoms. The maximum Gasteiger partial charge on any atom is 0.291 e. The van der Waals surface area contributed by atoms with Gasteiger partial charge in [0.15, 0.2) is 5.78 Å². The SMILES string of the molecule is Cc1cc(C(=O)C2C(=O)C(=O)N(CCCN3CCOCC3)C2c2ccc(C(C)(C)C)cc2)ccc1OCc1ccccc1. The molecule has 7 heteroatoms. The van der Waals surface area contributed by atoms with Gasteiger partial charge in [0.05, 0.1) is 19.3 Å². The highest BCUT2D eigenvalue weighted by molar-refractivity contribution is 6.44. The number of benzene rings is 3. The number of Topliss-reactive ketones (excluding diaryl/α,β-unsaturated/α-hetero) is 2. The van der Waals surface area contributed by atoms with E-state index >= 15 is 0 Å². The zero-order valence-electron chi connectivity index (χ0n) is 25.7. The largest absolute Gasteiger partial charge is 0.489 e. The van der Waals surface area contributed by atoms with Crippen LogP contribution in [0.15, 0.2) is 72.8 Å². The van der Waals surface area contributed by atoms with Crippen molar-refractivity contribution in [3.63, 3.8) is 0 Å². The lowest BCUT2D eigenvalue weighted by Gasteiger charge is -2.30. The molecule has 0 radical (unpaired) electrons. The van der Waals surface area contributed by atoms with Crippen molar-refractivity contribution < 1.29 is 23.9 Å². The number of ketones is 2. The molecular formula is C36H42N2O5. The van der Waals surface area contributed by atoms with Gasteiger partial charge in [-0.1, -0.05) is 75.4 Å². The van der Waals surface area contributed by atoms with E-state index in [2.05, 4.69) is 25.7 Å². The monoisotopic (exact) mass is 582 g/mol. The number of rotatable bonds is 10. The van der Waals surface area contributed by atoms with Crippen LogP contribution < -0.4 is 4.74 Å². The smallest absolute Gasteiger partial charge is 0.291 e. The quantitative estimate of drug-likeness (QED) is 0.177. The first kappa shape index (κ1) is 30.6. The van der Waals surface area contributed by atoms with Gasteiger partial charge in [0.2, 0.25) is 5.78 Å². The van der Waals surface area contributed by atoms with Crippen LogP contribution in [0, 0.1) is 12.8 Å². The predicted octanol–water partition coefficient (Wildman–Crippen LogP) is 5.55. The lowest BCUT2D eigenvalue weighted by molar-refractivity contribution is -0.140. The Morgan fingerprint density at radius 2 is 1.63 bits per heavy atom. The Hall–Kier alpha value is -3.81. The summed E-state index contributed by atoms with van der Waals surface area (Å²) in [5.41, 5.74) is 4.15. The summed E-state index contributed by atoms with van der Waals surface area (Å²) in [5, 5.41) is 0. The molecule has 0 aromatic heterocycles. The zero-order chi connectivity index (χ0) is 30.6. The fourth-order valence-corrected chi connectivity index (χ4v) is 5.95. The molecule has 2 aliphatic rings. The fraction of sp³-hybridized carbons (Fsp3) is 0.417. The topological polar surface area (TPSA) is 76.2 Å². The molecule has 2 heterocycles. The van der Waals surface area contributed by atoms with Gasteiger partial charge < -0.3 is 14.4 Å². The maximum atomic E-state index is 14.1. The molecule has 2 unspecified atom stereocenters. The molecule has 0 saturated carbocycles. The molecule has 2 saturated heterocycles. The number of hydrogen-bond acceptors (Lipinski definition) is 6. The van der Waals surface area contributed by atoms with Crippen molar-refractivity contribution in [1.82, 2.24) is 9.80 Å². The van der Waals surface area contributed by atoms with Crippen LogP contribution in [0.3, 0.4) is 0 Å². The number of nitrogens with zero attached hydrogens (tertiary/aromatic N) is 2. The number of aryl methyl sites for hydroxylation is 1. The average Bonchev–Trinajstić information content (AvgIpc) is 3.26. The van der Waals surface area contributed by atoms with Gasteiger partial charge in [-0.3, -0.25) is 19.3 Å². The van der Waals surface area contributed by atoms with E-state index in [0.717, 1.165) is 41.9 Å². The van der Waals surface area contributed by atoms with Gasteiger partial charge in [-0.05, 0) is 59.2 Å². The number of ether oxygens (including phenoxy) is 2. The molecule has 43 heavy (non-hydrogen) atoms. The Balaban J connectivity index is 1.39. The van der Waals surface area contributed by atoms with Crippen LogP contribution in [-0.2, 0) is 26.3 Å². The Morgan fingerprint density at radius 1 is 0.930 bits per heavy atom. The highest BCUT2D eigenvalue weighted by Gasteiger charge is 2.51. The Labute approximate surface area is 254 Å². The molecule has 5 rings (SSSR count). The predicted molar refractivity (Wildman–Crippen MR) is 166 cm³/mol. The lowest BCUT2D eigenvalue weighted by atomic mass is 9.83. The molecule has 2 atom stereocenters. The van der Waals surface area contributed by atoms with Crippen LogP contribution in [0.4, 0.5) is 0 Å². The van der Waals surface area contributed by atoms with Crippen LogP contribution >= 0.6 is 0 Å². The van der Waals surface area contributed by atoms with Crippen molar-refractivity contribution >= 4 is 17.5 Å². The number of carbonyl (C=O) groups excluding carboxylic acids is 3. The molecule has 7 nitrogen and oxygen atoms in total. The van der Waals surface area contributed by atoms with Gasteiger partial charge in [-0.25, -0.2) is 0 Å². The van der Waals surface area contributed by atoms with E-state index in [9.17, 15) is 14.4 Å². The number of likely N-dealkylation sites (tertiary alicyclic amines) is 1. The van der Waals surface area contributed by atoms with E-state index in [1.54, 1.807) is 23.1 Å². The third-order valence-corrected chi connectivity index (χ3v) is 8.48. The zero-order valence-corrected chi connectivity index (χ0v) is 25.7. The fourth-order valence-electron chi connectivity index (χ4n) is 5.95. The van der Waals surface area contributed by atoms with E-state index in [1.165, 1.54) is 0 Å². The number of carbonyl (C=O) groups is 3. The Bertz CT molecular complexity index is 1440. The van der Waals surface area contributed by atoms with Gasteiger partial charge in [-0.2, -0.15) is 0 Å². The van der Waals surface area contributed by atoms with Crippen LogP contribution in [-0.4, -0.2) is 66.7 Å². The van der Waals surface area contributed by atoms with E-state index < -0.39 is 23.7 Å². The molecular weight excluding hydrogens is 540 g/mol. The molecule has 0 N–H and O–H groups in total. The van der Waals surface area contributed by atoms with E-state index in [1.807, 2.05) is 61.5 Å². The summed E-state index contributed by atoms with van der Waals surface area (Å²) in [6, 6.07) is 22.5. The van der Waals surface area contributed by atoms with Crippen molar-refractivity contribution in [2.24, 2.45) is 5.92 Å². The van der Waals surface area contributed by atoms with E-state index in [0.29, 0.717) is 44.1 Å². The highest BCUT2D eigenvalue weighted by atomic mass is 16.5. The molecule has 2 fully saturated rings. The van der Waals surface area contributed by atoms with E-state index in [4.69, 9.17) is 9.47 Å². The van der Waals surface area contributed by atoms with Crippen LogP contribution in [0.5, 0.6) is 5.75 Å². The second-order valence-corrected chi connectivity index (χ2v) is 12.6. The average molecular weight is 583 g/mol. The van der Waals surface area contributed by atoms with Crippen molar-refractivity contribution in [2.45, 2.75) is 52.2 Å². The van der Waals surface area contributed by atoms with E-state index in [-0.39, 0.29) is 11.2 Å². The van der Waals surface area contributed by atoms with Gasteiger partial charge in [0, 0.05) is 31.7 Å². The number of amides is 1. The van der Waals surface area contributed by atoms with Crippen LogP contribution in [0.2, 0.25) is 0 Å². The van der Waals surface area contributed by atoms with Crippen LogP contribution in [0.1, 0.15) is 65.8 Å². The van der Waals surface area contributed by atoms with Gasteiger partial charge in [0.1, 0.15) is 18.3 Å². The highest BCUT2D eigenvalue weighted by Crippen LogP contribution is 2.39. The standard InChI is InChI=1S/C36H42N2O5/c1-25-23-28(13-16-30(25)43-24-26-9-6-5-7-10-26)33(39)31-32(27-11-14-29(15-12-27)36(2,3)4)38(35(41)34(31)40)18-8-17-37-19-21-42-22-20-37/h5-7,9-16,23,31-32H,8,17-22,24H2,1-4H3. The molecule has 2 aliphatic heterocycles. The first-order valence-corrected chi connectivity index (χ1v) is 15.2. The summed E-state index contributed by atoms with van der Waals surface area (Å²) in [6.45, 7) is 13.1. The summed E-state index contributed by atoms with van der Waals surface area (Å²) in [5.74, 6) is -1.98.